The molecule has 0 aliphatic carbocycles. The molecule has 2 aromatic carbocycles. The van der Waals surface area contributed by atoms with Crippen LogP contribution in [0.15, 0.2) is 53.9 Å². The number of hydrogen-bond donors (Lipinski definition) is 6. The van der Waals surface area contributed by atoms with Crippen LogP contribution in [0.5, 0.6) is 5.75 Å². The van der Waals surface area contributed by atoms with Crippen molar-refractivity contribution in [1.29, 1.82) is 0 Å². The van der Waals surface area contributed by atoms with Crippen LogP contribution < -0.4 is 37.9 Å². The zero-order valence-corrected chi connectivity index (χ0v) is 26.5. The summed E-state index contributed by atoms with van der Waals surface area (Å²) in [4.78, 5) is 38.1. The third kappa shape index (κ3) is 8.49. The highest BCUT2D eigenvalue weighted by Gasteiger charge is 2.20. The number of fused-ring (bicyclic) bond motifs is 1. The maximum absolute atomic E-state index is 14.8. The number of anilines is 2. The van der Waals surface area contributed by atoms with E-state index in [0.717, 1.165) is 5.56 Å². The van der Waals surface area contributed by atoms with Gasteiger partial charge in [-0.1, -0.05) is 13.8 Å². The first-order valence-corrected chi connectivity index (χ1v) is 15.1. The molecule has 4 aromatic rings. The summed E-state index contributed by atoms with van der Waals surface area (Å²) in [6.45, 7) is 4.94. The number of ether oxygens (including phenoxy) is 1. The van der Waals surface area contributed by atoms with Crippen molar-refractivity contribution in [3.05, 3.63) is 71.7 Å². The average molecular weight is 651 g/mol. The maximum Gasteiger partial charge on any atom is 0.251 e. The minimum absolute atomic E-state index is 0.00139. The van der Waals surface area contributed by atoms with E-state index in [-0.39, 0.29) is 35.0 Å². The highest BCUT2D eigenvalue weighted by molar-refractivity contribution is 5.96. The topological polar surface area (TPSA) is 200 Å². The molecular weight excluding hydrogens is 610 g/mol. The van der Waals surface area contributed by atoms with Gasteiger partial charge in [-0.25, -0.2) is 14.4 Å². The number of aryl methyl sites for hydroxylation is 1. The molecule has 0 fully saturated rings. The molecule has 2 atom stereocenters. The quantitative estimate of drug-likeness (QED) is 0.0636. The van der Waals surface area contributed by atoms with Crippen molar-refractivity contribution in [2.75, 3.05) is 32.1 Å². The molecule has 2 aromatic heterocycles. The molecule has 13 nitrogen and oxygen atoms in total. The van der Waals surface area contributed by atoms with Gasteiger partial charge in [0.2, 0.25) is 11.7 Å². The van der Waals surface area contributed by atoms with Gasteiger partial charge in [0.15, 0.2) is 29.0 Å². The second-order valence-corrected chi connectivity index (χ2v) is 11.0. The van der Waals surface area contributed by atoms with E-state index < -0.39 is 17.7 Å². The van der Waals surface area contributed by atoms with Crippen LogP contribution in [0.3, 0.4) is 0 Å². The number of hydrogen-bond acceptors (Lipinski definition) is 8. The summed E-state index contributed by atoms with van der Waals surface area (Å²) in [6.07, 6.45) is 6.17. The summed E-state index contributed by atoms with van der Waals surface area (Å²) in [5.74, 6) is -2.50. The van der Waals surface area contributed by atoms with Crippen molar-refractivity contribution in [2.45, 2.75) is 39.2 Å². The van der Waals surface area contributed by atoms with Crippen molar-refractivity contribution in [3.63, 3.8) is 0 Å². The van der Waals surface area contributed by atoms with Crippen LogP contribution in [-0.4, -0.2) is 64.9 Å². The van der Waals surface area contributed by atoms with Gasteiger partial charge in [-0.2, -0.15) is 4.39 Å². The molecule has 2 heterocycles. The van der Waals surface area contributed by atoms with Gasteiger partial charge in [0.05, 0.1) is 25.0 Å². The summed E-state index contributed by atoms with van der Waals surface area (Å²) in [5.41, 5.74) is 19.3. The van der Waals surface area contributed by atoms with Crippen molar-refractivity contribution >= 4 is 34.9 Å². The first-order valence-electron chi connectivity index (χ1n) is 15.1. The van der Waals surface area contributed by atoms with Crippen molar-refractivity contribution in [3.8, 4) is 17.0 Å². The Labute approximate surface area is 271 Å². The minimum Gasteiger partial charge on any atom is -0.494 e. The number of carbonyl (C=O) groups is 2. The third-order valence-electron chi connectivity index (χ3n) is 7.50. The SMILES string of the molecule is CCc1cc(Nc2nccn3c(-c4ccc(OC)c(F)c4F)cnc23)ccc1C(=O)NCC(C)CNC(=O)[C@H](N)CCCN=C(N)N. The molecule has 2 amide bonds. The van der Waals surface area contributed by atoms with Crippen LogP contribution in [0.4, 0.5) is 20.3 Å². The van der Waals surface area contributed by atoms with Gasteiger partial charge in [-0.15, -0.1) is 0 Å². The molecule has 0 saturated heterocycles. The summed E-state index contributed by atoms with van der Waals surface area (Å²) in [5, 5.41) is 8.98. The van der Waals surface area contributed by atoms with Crippen LogP contribution in [0.25, 0.3) is 16.9 Å². The molecule has 4 rings (SSSR count). The largest absolute Gasteiger partial charge is 0.494 e. The Bertz CT molecular complexity index is 1760. The molecule has 0 aliphatic rings. The zero-order valence-electron chi connectivity index (χ0n) is 26.5. The van der Waals surface area contributed by atoms with Gasteiger partial charge in [-0.05, 0) is 61.1 Å². The summed E-state index contributed by atoms with van der Waals surface area (Å²) >= 11 is 0. The van der Waals surface area contributed by atoms with E-state index in [0.29, 0.717) is 67.3 Å². The van der Waals surface area contributed by atoms with Gasteiger partial charge in [-0.3, -0.25) is 19.0 Å². The average Bonchev–Trinajstić information content (AvgIpc) is 3.50. The Morgan fingerprint density at radius 2 is 1.85 bits per heavy atom. The number of aliphatic imine (C=N–C) groups is 1. The molecule has 0 aliphatic heterocycles. The van der Waals surface area contributed by atoms with Crippen LogP contribution in [0.1, 0.15) is 42.6 Å². The predicted octanol–water partition coefficient (Wildman–Crippen LogP) is 2.85. The highest BCUT2D eigenvalue weighted by Crippen LogP contribution is 2.31. The second kappa shape index (κ2) is 15.8. The molecular formula is C32H40F2N10O3. The van der Waals surface area contributed by atoms with Crippen molar-refractivity contribution in [2.24, 2.45) is 28.1 Å². The molecule has 9 N–H and O–H groups in total. The fourth-order valence-electron chi connectivity index (χ4n) is 4.91. The molecule has 250 valence electrons. The van der Waals surface area contributed by atoms with Crippen LogP contribution in [-0.2, 0) is 11.2 Å². The van der Waals surface area contributed by atoms with Crippen LogP contribution in [0, 0.1) is 17.6 Å². The molecule has 0 saturated carbocycles. The fraction of sp³-hybridized carbons (Fsp3) is 0.344. The van der Waals surface area contributed by atoms with Gasteiger partial charge in [0.1, 0.15) is 0 Å². The summed E-state index contributed by atoms with van der Waals surface area (Å²) in [6, 6.07) is 7.42. The first-order chi connectivity index (χ1) is 22.5. The second-order valence-electron chi connectivity index (χ2n) is 11.0. The number of nitrogens with one attached hydrogen (secondary N) is 3. The molecule has 15 heteroatoms. The van der Waals surface area contributed by atoms with Crippen molar-refractivity contribution in [1.82, 2.24) is 25.0 Å². The zero-order chi connectivity index (χ0) is 34.1. The number of methoxy groups -OCH3 is 1. The lowest BCUT2D eigenvalue weighted by atomic mass is 10.0. The Hall–Kier alpha value is -5.31. The van der Waals surface area contributed by atoms with E-state index in [1.807, 2.05) is 19.9 Å². The van der Waals surface area contributed by atoms with Gasteiger partial charge in [0.25, 0.3) is 5.91 Å². The normalized spacial score (nSPS) is 12.3. The number of halogens is 2. The fourth-order valence-corrected chi connectivity index (χ4v) is 4.91. The molecule has 0 bridgehead atoms. The number of rotatable bonds is 15. The first kappa shape index (κ1) is 34.6. The number of carbonyl (C=O) groups excluding carboxylic acids is 2. The predicted molar refractivity (Wildman–Crippen MR) is 176 cm³/mol. The maximum atomic E-state index is 14.8. The van der Waals surface area contributed by atoms with E-state index in [9.17, 15) is 18.4 Å². The molecule has 1 unspecified atom stereocenters. The number of aromatic nitrogens is 3. The van der Waals surface area contributed by atoms with E-state index in [2.05, 4.69) is 30.9 Å². The lowest BCUT2D eigenvalue weighted by molar-refractivity contribution is -0.122. The van der Waals surface area contributed by atoms with Crippen molar-refractivity contribution < 1.29 is 23.1 Å². The monoisotopic (exact) mass is 650 g/mol. The molecule has 0 spiro atoms. The lowest BCUT2D eigenvalue weighted by Crippen LogP contribution is -2.43. The van der Waals surface area contributed by atoms with E-state index in [1.165, 1.54) is 31.6 Å². The van der Waals surface area contributed by atoms with Gasteiger partial charge >= 0.3 is 0 Å². The third-order valence-corrected chi connectivity index (χ3v) is 7.50. The summed E-state index contributed by atoms with van der Waals surface area (Å²) in [7, 11) is 1.27. The highest BCUT2D eigenvalue weighted by atomic mass is 19.2. The van der Waals surface area contributed by atoms with Crippen LogP contribution in [0.2, 0.25) is 0 Å². The van der Waals surface area contributed by atoms with Crippen LogP contribution >= 0.6 is 0 Å². The summed E-state index contributed by atoms with van der Waals surface area (Å²) < 4.78 is 35.7. The van der Waals surface area contributed by atoms with E-state index in [1.54, 1.807) is 22.7 Å². The Morgan fingerprint density at radius 1 is 1.09 bits per heavy atom. The smallest absolute Gasteiger partial charge is 0.251 e. The number of imidazole rings is 1. The van der Waals surface area contributed by atoms with Gasteiger partial charge < -0.3 is 37.9 Å². The Balaban J connectivity index is 1.37. The lowest BCUT2D eigenvalue weighted by Gasteiger charge is -2.17. The Morgan fingerprint density at radius 3 is 2.57 bits per heavy atom. The van der Waals surface area contributed by atoms with Gasteiger partial charge in [0, 0.05) is 48.8 Å². The number of nitrogens with zero attached hydrogens (tertiary/aromatic N) is 4. The number of benzene rings is 2. The molecule has 47 heavy (non-hydrogen) atoms. The number of nitrogens with two attached hydrogens (primary N) is 3. The molecule has 0 radical (unpaired) electrons. The Kier molecular flexibility index (Phi) is 11.6. The standard InChI is InChI=1S/C32H40F2N10O3/c1-4-19-14-20(7-8-21(19)30(45)41-15-18(2)16-42-31(46)23(35)6-5-11-39-32(36)37)43-28-29-40-17-24(44(29)13-12-38-28)22-9-10-25(47-3)27(34)26(22)33/h7-10,12-14,17-18,23H,4-6,11,15-16,35H2,1-3H3,(H,38,43)(H,41,45)(H,42,46)(H4,36,37,39)/t18?,23-/m1/s1. The number of guanidine groups is 1. The van der Waals surface area contributed by atoms with E-state index >= 15 is 0 Å². The number of amides is 2. The minimum atomic E-state index is -1.09. The van der Waals surface area contributed by atoms with E-state index in [4.69, 9.17) is 21.9 Å².